The van der Waals surface area contributed by atoms with Gasteiger partial charge in [0.2, 0.25) is 0 Å². The highest BCUT2D eigenvalue weighted by atomic mass is 16.5. The van der Waals surface area contributed by atoms with E-state index < -0.39 is 18.1 Å². The third kappa shape index (κ3) is 4.24. The normalized spacial score (nSPS) is 21.6. The summed E-state index contributed by atoms with van der Waals surface area (Å²) in [5, 5.41) is 11.4. The summed E-state index contributed by atoms with van der Waals surface area (Å²) in [6.45, 7) is 1.79. The monoisotopic (exact) mass is 490 g/mol. The first-order valence-corrected chi connectivity index (χ1v) is 12.0. The molecule has 186 valence electrons. The van der Waals surface area contributed by atoms with Crippen molar-refractivity contribution in [1.29, 1.82) is 0 Å². The number of primary amides is 1. The van der Waals surface area contributed by atoms with E-state index in [1.54, 1.807) is 23.0 Å². The van der Waals surface area contributed by atoms with Crippen molar-refractivity contribution in [2.24, 2.45) is 5.73 Å². The first kappa shape index (κ1) is 22.4. The molecule has 2 bridgehead atoms. The molecule has 1 saturated heterocycles. The fourth-order valence-corrected chi connectivity index (χ4v) is 5.01. The number of anilines is 1. The van der Waals surface area contributed by atoms with Crippen molar-refractivity contribution in [2.75, 3.05) is 24.6 Å². The number of carbonyl (C=O) groups excluding carboxylic acids is 2. The molecule has 6 rings (SSSR count). The zero-order valence-corrected chi connectivity index (χ0v) is 19.6. The predicted molar refractivity (Wildman–Crippen MR) is 127 cm³/mol. The number of carbonyl (C=O) groups is 2. The Morgan fingerprint density at radius 1 is 1.25 bits per heavy atom. The molecule has 36 heavy (non-hydrogen) atoms. The first-order valence-electron chi connectivity index (χ1n) is 12.0. The van der Waals surface area contributed by atoms with Crippen LogP contribution in [0.15, 0.2) is 30.6 Å². The van der Waals surface area contributed by atoms with E-state index in [4.69, 9.17) is 20.2 Å². The van der Waals surface area contributed by atoms with Gasteiger partial charge in [-0.2, -0.15) is 0 Å². The Bertz CT molecular complexity index is 1330. The molecule has 3 aromatic rings. The fourth-order valence-electron chi connectivity index (χ4n) is 5.01. The molecular weight excluding hydrogens is 464 g/mol. The molecule has 1 fully saturated rings. The van der Waals surface area contributed by atoms with Gasteiger partial charge in [0.05, 0.1) is 37.1 Å². The molecule has 2 atom stereocenters. The average molecular weight is 491 g/mol. The van der Waals surface area contributed by atoms with Crippen LogP contribution in [0.2, 0.25) is 0 Å². The number of hydrogen-bond acceptors (Lipinski definition) is 9. The maximum absolute atomic E-state index is 13.3. The lowest BCUT2D eigenvalue weighted by Crippen LogP contribution is -2.44. The highest BCUT2D eigenvalue weighted by Gasteiger charge is 2.38. The minimum Gasteiger partial charge on any atom is -0.489 e. The van der Waals surface area contributed by atoms with E-state index in [9.17, 15) is 9.59 Å². The summed E-state index contributed by atoms with van der Waals surface area (Å²) in [7, 11) is 0. The van der Waals surface area contributed by atoms with Crippen LogP contribution in [-0.2, 0) is 30.7 Å². The number of nitrogens with zero attached hydrogens (tertiary/aromatic N) is 6. The molecule has 2 amide bonds. The molecule has 3 aromatic heterocycles. The van der Waals surface area contributed by atoms with Crippen LogP contribution in [0.25, 0.3) is 0 Å². The molecular formula is C24H26N8O4. The van der Waals surface area contributed by atoms with Crippen molar-refractivity contribution in [1.82, 2.24) is 30.3 Å². The number of amides is 2. The number of nitrogens with two attached hydrogens (primary N) is 1. The van der Waals surface area contributed by atoms with Crippen molar-refractivity contribution in [3.63, 3.8) is 0 Å². The van der Waals surface area contributed by atoms with Crippen LogP contribution in [0.4, 0.5) is 5.82 Å². The molecule has 0 saturated carbocycles. The maximum Gasteiger partial charge on any atom is 0.274 e. The summed E-state index contributed by atoms with van der Waals surface area (Å²) >= 11 is 0. The quantitative estimate of drug-likeness (QED) is 0.515. The Labute approximate surface area is 206 Å². The maximum atomic E-state index is 13.3. The number of aryl methyl sites for hydroxylation is 2. The second kappa shape index (κ2) is 9.19. The number of aromatic nitrogens is 5. The van der Waals surface area contributed by atoms with Gasteiger partial charge in [-0.15, -0.1) is 5.10 Å². The van der Waals surface area contributed by atoms with E-state index in [1.807, 2.05) is 17.2 Å². The molecule has 12 nitrogen and oxygen atoms in total. The number of nitrogens with one attached hydrogen (secondary N) is 1. The van der Waals surface area contributed by atoms with Crippen molar-refractivity contribution in [2.45, 2.75) is 44.6 Å². The minimum atomic E-state index is -0.526. The fraction of sp³-hybridized carbons (Fsp3) is 0.417. The van der Waals surface area contributed by atoms with E-state index in [2.05, 4.69) is 20.6 Å². The van der Waals surface area contributed by atoms with E-state index >= 15 is 0 Å². The van der Waals surface area contributed by atoms with Gasteiger partial charge in [0, 0.05) is 25.0 Å². The Balaban J connectivity index is 1.33. The Kier molecular flexibility index (Phi) is 5.72. The molecule has 0 unspecified atom stereocenters. The van der Waals surface area contributed by atoms with Crippen LogP contribution in [0.5, 0.6) is 5.75 Å². The summed E-state index contributed by atoms with van der Waals surface area (Å²) in [6, 6.07) is 4.89. The van der Waals surface area contributed by atoms with Crippen molar-refractivity contribution >= 4 is 17.6 Å². The number of hydrogen-bond donors (Lipinski definition) is 2. The van der Waals surface area contributed by atoms with E-state index in [0.717, 1.165) is 30.5 Å². The van der Waals surface area contributed by atoms with Gasteiger partial charge in [0.1, 0.15) is 18.1 Å². The second-order valence-electron chi connectivity index (χ2n) is 9.19. The number of rotatable bonds is 2. The Morgan fingerprint density at radius 2 is 2.17 bits per heavy atom. The molecule has 1 aliphatic carbocycles. The molecule has 0 spiro atoms. The molecule has 5 heterocycles. The van der Waals surface area contributed by atoms with E-state index in [0.29, 0.717) is 49.1 Å². The van der Waals surface area contributed by atoms with Gasteiger partial charge in [-0.05, 0) is 43.0 Å². The van der Waals surface area contributed by atoms with Crippen LogP contribution in [0, 0.1) is 0 Å². The van der Waals surface area contributed by atoms with E-state index in [-0.39, 0.29) is 18.2 Å². The largest absolute Gasteiger partial charge is 0.489 e. The highest BCUT2D eigenvalue weighted by molar-refractivity contribution is 5.98. The van der Waals surface area contributed by atoms with Crippen LogP contribution < -0.4 is 20.7 Å². The van der Waals surface area contributed by atoms with Gasteiger partial charge in [0.25, 0.3) is 11.8 Å². The lowest BCUT2D eigenvalue weighted by molar-refractivity contribution is 0.0345. The second-order valence-corrected chi connectivity index (χ2v) is 9.19. The number of fused-ring (bicyclic) bond motifs is 5. The van der Waals surface area contributed by atoms with Gasteiger partial charge in [-0.25, -0.2) is 14.6 Å². The summed E-state index contributed by atoms with van der Waals surface area (Å²) in [6.07, 6.45) is 5.73. The molecule has 12 heteroatoms. The topological polar surface area (TPSA) is 150 Å². The summed E-state index contributed by atoms with van der Waals surface area (Å²) in [5.41, 5.74) is 9.04. The van der Waals surface area contributed by atoms with Gasteiger partial charge in [-0.3, -0.25) is 9.59 Å². The highest BCUT2D eigenvalue weighted by Crippen LogP contribution is 2.30. The zero-order valence-electron chi connectivity index (χ0n) is 19.6. The van der Waals surface area contributed by atoms with Crippen LogP contribution >= 0.6 is 0 Å². The number of ether oxygens (including phenoxy) is 2. The van der Waals surface area contributed by atoms with Gasteiger partial charge in [0.15, 0.2) is 11.4 Å². The number of pyridine rings is 2. The minimum absolute atomic E-state index is 0.194. The van der Waals surface area contributed by atoms with Crippen LogP contribution in [0.1, 0.15) is 44.2 Å². The summed E-state index contributed by atoms with van der Waals surface area (Å²) < 4.78 is 13.7. The lowest BCUT2D eigenvalue weighted by Gasteiger charge is -2.21. The third-order valence-electron chi connectivity index (χ3n) is 6.77. The Hall–Kier alpha value is -4.06. The smallest absolute Gasteiger partial charge is 0.274 e. The molecule has 3 N–H and O–H groups in total. The SMILES string of the molecule is NC(=O)c1cc2c(nc1N1C[C@@H]3NC(=O)c4ncccc4OCCn4cc(nn4)CO[C@H]3C1)CCC2. The van der Waals surface area contributed by atoms with Crippen LogP contribution in [0.3, 0.4) is 0 Å². The molecule has 3 aliphatic rings. The van der Waals surface area contributed by atoms with Crippen LogP contribution in [-0.4, -0.2) is 68.6 Å². The first-order chi connectivity index (χ1) is 17.5. The van der Waals surface area contributed by atoms with E-state index in [1.165, 1.54) is 0 Å². The Morgan fingerprint density at radius 3 is 3.06 bits per heavy atom. The molecule has 0 radical (unpaired) electrons. The molecule has 2 aliphatic heterocycles. The lowest BCUT2D eigenvalue weighted by atomic mass is 10.1. The summed E-state index contributed by atoms with van der Waals surface area (Å²) in [4.78, 5) is 36.6. The van der Waals surface area contributed by atoms with Gasteiger partial charge >= 0.3 is 0 Å². The zero-order chi connectivity index (χ0) is 24.6. The standard InChI is InChI=1S/C24H26N8O4/c25-22(33)16-9-14-3-1-4-17(14)27-23(16)31-11-18-20(12-31)36-13-15-10-32(30-29-15)7-8-35-19-5-2-6-26-21(19)24(34)28-18/h2,5-6,9-10,18,20H,1,3-4,7-8,11-13H2,(H2,25,33)(H,28,34)/t18-,20-/m0/s1. The van der Waals surface area contributed by atoms with Gasteiger partial charge < -0.3 is 25.4 Å². The predicted octanol–water partition coefficient (Wildman–Crippen LogP) is 0.252. The average Bonchev–Trinajstić information content (AvgIpc) is 3.61. The van der Waals surface area contributed by atoms with Crippen molar-refractivity contribution in [3.8, 4) is 5.75 Å². The van der Waals surface area contributed by atoms with Gasteiger partial charge in [-0.1, -0.05) is 5.21 Å². The molecule has 0 aromatic carbocycles. The van der Waals surface area contributed by atoms with Crippen molar-refractivity contribution in [3.05, 3.63) is 58.8 Å². The summed E-state index contributed by atoms with van der Waals surface area (Å²) in [5.74, 6) is 0.0229. The third-order valence-corrected chi connectivity index (χ3v) is 6.77. The van der Waals surface area contributed by atoms with Crippen molar-refractivity contribution < 1.29 is 19.1 Å².